The number of carbonyl (C=O) groups is 1. The van der Waals surface area contributed by atoms with Crippen molar-refractivity contribution in [2.24, 2.45) is 0 Å². The molecule has 0 radical (unpaired) electrons. The molecule has 21 heavy (non-hydrogen) atoms. The number of hydrogen-bond acceptors (Lipinski definition) is 5. The zero-order valence-electron chi connectivity index (χ0n) is 14.0. The second-order valence-corrected chi connectivity index (χ2v) is 12.4. The second-order valence-electron chi connectivity index (χ2n) is 7.64. The fourth-order valence-electron chi connectivity index (χ4n) is 1.89. The van der Waals surface area contributed by atoms with E-state index in [1.165, 1.54) is 6.08 Å². The smallest absolute Gasteiger partial charge is 0.337 e. The summed E-state index contributed by atoms with van der Waals surface area (Å²) in [6, 6.07) is 0. The van der Waals surface area contributed by atoms with Crippen LogP contribution in [0.4, 0.5) is 0 Å². The first-order chi connectivity index (χ1) is 9.41. The van der Waals surface area contributed by atoms with Crippen molar-refractivity contribution in [1.29, 1.82) is 0 Å². The lowest BCUT2D eigenvalue weighted by Gasteiger charge is -2.36. The van der Waals surface area contributed by atoms with E-state index < -0.39 is 14.1 Å². The summed E-state index contributed by atoms with van der Waals surface area (Å²) in [6.07, 6.45) is 1.14. The van der Waals surface area contributed by atoms with Crippen molar-refractivity contribution in [3.63, 3.8) is 0 Å². The molecule has 0 amide bonds. The molecular formula is C15H26O5Si. The molecule has 2 rings (SSSR count). The first-order valence-electron chi connectivity index (χ1n) is 7.34. The number of hydrogen-bond donors (Lipinski definition) is 0. The lowest BCUT2D eigenvalue weighted by molar-refractivity contribution is -0.206. The maximum absolute atomic E-state index is 11.5. The normalized spacial score (nSPS) is 28.5. The summed E-state index contributed by atoms with van der Waals surface area (Å²) >= 11 is 0. The van der Waals surface area contributed by atoms with E-state index in [9.17, 15) is 4.79 Å². The van der Waals surface area contributed by atoms with Crippen LogP contribution in [-0.4, -0.2) is 38.9 Å². The van der Waals surface area contributed by atoms with E-state index in [4.69, 9.17) is 18.6 Å². The highest BCUT2D eigenvalue weighted by molar-refractivity contribution is 6.74. The number of rotatable bonds is 4. The Kier molecular flexibility index (Phi) is 4.01. The fraction of sp³-hybridized carbons (Fsp3) is 0.800. The summed E-state index contributed by atoms with van der Waals surface area (Å²) < 4.78 is 22.4. The highest BCUT2D eigenvalue weighted by Crippen LogP contribution is 2.39. The Morgan fingerprint density at radius 1 is 1.29 bits per heavy atom. The van der Waals surface area contributed by atoms with Crippen LogP contribution < -0.4 is 0 Å². The van der Waals surface area contributed by atoms with E-state index in [1.807, 2.05) is 0 Å². The first kappa shape index (κ1) is 16.5. The van der Waals surface area contributed by atoms with Gasteiger partial charge >= 0.3 is 5.97 Å². The Labute approximate surface area is 127 Å². The standard InChI is InChI=1S/C15H26O5Si/c1-14(2,3)21(6,7)17-9-11-13(18-11)10-8-12(16)20-15(4,5)19-10/h8,11,13H,9H2,1-7H3/t11-,13-/m1/s1. The van der Waals surface area contributed by atoms with Gasteiger partial charge in [-0.25, -0.2) is 4.79 Å². The Hall–Kier alpha value is -0.853. The number of esters is 1. The highest BCUT2D eigenvalue weighted by atomic mass is 28.4. The maximum Gasteiger partial charge on any atom is 0.337 e. The lowest BCUT2D eigenvalue weighted by atomic mass is 10.2. The van der Waals surface area contributed by atoms with Gasteiger partial charge in [0.15, 0.2) is 8.32 Å². The summed E-state index contributed by atoms with van der Waals surface area (Å²) in [5, 5.41) is 0.170. The van der Waals surface area contributed by atoms with Crippen molar-refractivity contribution < 1.29 is 23.4 Å². The van der Waals surface area contributed by atoms with Gasteiger partial charge in [0.05, 0.1) is 12.7 Å². The Bertz CT molecular complexity index is 461. The van der Waals surface area contributed by atoms with Crippen LogP contribution in [0.15, 0.2) is 11.8 Å². The zero-order valence-corrected chi connectivity index (χ0v) is 15.0. The summed E-state index contributed by atoms with van der Waals surface area (Å²) in [5.74, 6) is -0.779. The third-order valence-electron chi connectivity index (χ3n) is 4.25. The van der Waals surface area contributed by atoms with E-state index in [0.717, 1.165) is 0 Å². The average molecular weight is 314 g/mol. The predicted octanol–water partition coefficient (Wildman–Crippen LogP) is 2.97. The van der Waals surface area contributed by atoms with E-state index in [0.29, 0.717) is 12.4 Å². The summed E-state index contributed by atoms with van der Waals surface area (Å²) in [5.41, 5.74) is 0. The van der Waals surface area contributed by atoms with Crippen molar-refractivity contribution >= 4 is 14.3 Å². The summed E-state index contributed by atoms with van der Waals surface area (Å²) in [6.45, 7) is 15.0. The van der Waals surface area contributed by atoms with E-state index in [1.54, 1.807) is 13.8 Å². The minimum atomic E-state index is -1.78. The quantitative estimate of drug-likeness (QED) is 0.453. The number of cyclic esters (lactones) is 1. The molecule has 120 valence electrons. The Balaban J connectivity index is 1.90. The van der Waals surface area contributed by atoms with Crippen LogP contribution in [0.1, 0.15) is 34.6 Å². The molecule has 0 unspecified atom stereocenters. The van der Waals surface area contributed by atoms with Gasteiger partial charge in [0.1, 0.15) is 18.0 Å². The molecule has 0 aromatic carbocycles. The zero-order chi connectivity index (χ0) is 16.1. The van der Waals surface area contributed by atoms with Crippen LogP contribution in [0.5, 0.6) is 0 Å². The molecule has 2 aliphatic heterocycles. The molecule has 1 saturated heterocycles. The average Bonchev–Trinajstić information content (AvgIpc) is 3.01. The summed E-state index contributed by atoms with van der Waals surface area (Å²) in [7, 11) is -1.78. The Morgan fingerprint density at radius 3 is 2.43 bits per heavy atom. The first-order valence-corrected chi connectivity index (χ1v) is 10.3. The van der Waals surface area contributed by atoms with Crippen molar-refractivity contribution in [3.05, 3.63) is 11.8 Å². The van der Waals surface area contributed by atoms with Crippen molar-refractivity contribution in [2.75, 3.05) is 6.61 Å². The van der Waals surface area contributed by atoms with Gasteiger partial charge in [-0.3, -0.25) is 0 Å². The number of epoxide rings is 1. The molecule has 0 aromatic rings. The topological polar surface area (TPSA) is 57.3 Å². The van der Waals surface area contributed by atoms with Gasteiger partial charge in [0, 0.05) is 13.8 Å². The van der Waals surface area contributed by atoms with Crippen LogP contribution in [0, 0.1) is 0 Å². The summed E-state index contributed by atoms with van der Waals surface area (Å²) in [4.78, 5) is 11.5. The molecule has 0 spiro atoms. The number of carbonyl (C=O) groups excluding carboxylic acids is 1. The minimum absolute atomic E-state index is 0.0351. The predicted molar refractivity (Wildman–Crippen MR) is 81.1 cm³/mol. The van der Waals surface area contributed by atoms with Gasteiger partial charge in [0.2, 0.25) is 5.79 Å². The van der Waals surface area contributed by atoms with Gasteiger partial charge < -0.3 is 18.6 Å². The van der Waals surface area contributed by atoms with Gasteiger partial charge in [-0.2, -0.15) is 0 Å². The lowest BCUT2D eigenvalue weighted by Crippen LogP contribution is -2.42. The molecule has 0 bridgehead atoms. The molecule has 1 fully saturated rings. The molecule has 0 aliphatic carbocycles. The van der Waals surface area contributed by atoms with Gasteiger partial charge in [-0.05, 0) is 18.1 Å². The molecule has 0 N–H and O–H groups in total. The molecule has 6 heteroatoms. The van der Waals surface area contributed by atoms with E-state index in [-0.39, 0.29) is 23.2 Å². The van der Waals surface area contributed by atoms with Crippen molar-refractivity contribution in [3.8, 4) is 0 Å². The molecule has 5 nitrogen and oxygen atoms in total. The highest BCUT2D eigenvalue weighted by Gasteiger charge is 2.49. The molecule has 0 aromatic heterocycles. The largest absolute Gasteiger partial charge is 0.454 e. The maximum atomic E-state index is 11.5. The molecule has 0 saturated carbocycles. The van der Waals surface area contributed by atoms with Gasteiger partial charge in [-0.15, -0.1) is 0 Å². The Morgan fingerprint density at radius 2 is 1.90 bits per heavy atom. The van der Waals surface area contributed by atoms with Crippen molar-refractivity contribution in [1.82, 2.24) is 0 Å². The van der Waals surface area contributed by atoms with Crippen molar-refractivity contribution in [2.45, 2.75) is 70.7 Å². The monoisotopic (exact) mass is 314 g/mol. The van der Waals surface area contributed by atoms with Crippen LogP contribution in [0.2, 0.25) is 18.1 Å². The van der Waals surface area contributed by atoms with E-state index >= 15 is 0 Å². The molecular weight excluding hydrogens is 288 g/mol. The van der Waals surface area contributed by atoms with Gasteiger partial charge in [0.25, 0.3) is 0 Å². The number of ether oxygens (including phenoxy) is 3. The molecule has 2 heterocycles. The molecule has 2 atom stereocenters. The van der Waals surface area contributed by atoms with Gasteiger partial charge in [-0.1, -0.05) is 20.8 Å². The minimum Gasteiger partial charge on any atom is -0.454 e. The van der Waals surface area contributed by atoms with E-state index in [2.05, 4.69) is 33.9 Å². The van der Waals surface area contributed by atoms with Crippen LogP contribution in [0.25, 0.3) is 0 Å². The third kappa shape index (κ3) is 3.87. The van der Waals surface area contributed by atoms with Crippen LogP contribution >= 0.6 is 0 Å². The molecule has 2 aliphatic rings. The fourth-order valence-corrected chi connectivity index (χ4v) is 2.90. The second kappa shape index (κ2) is 5.10. The van der Waals surface area contributed by atoms with Crippen LogP contribution in [-0.2, 0) is 23.4 Å². The van der Waals surface area contributed by atoms with Crippen LogP contribution in [0.3, 0.4) is 0 Å². The third-order valence-corrected chi connectivity index (χ3v) is 8.75. The SMILES string of the molecule is CC1(C)OC(=O)C=C([C@H]2O[C@@H]2CO[Si](C)(C)C(C)(C)C)O1.